The monoisotopic (exact) mass is 137 g/mol. The Morgan fingerprint density at radius 2 is 1.88 bits per heavy atom. The summed E-state index contributed by atoms with van der Waals surface area (Å²) in [5.74, 6) is 0. The zero-order valence-electron chi connectivity index (χ0n) is 5.68. The summed E-state index contributed by atoms with van der Waals surface area (Å²) in [6.07, 6.45) is 3.51. The molecular weight excluding hydrogens is 122 g/mol. The van der Waals surface area contributed by atoms with E-state index in [2.05, 4.69) is 13.8 Å². The van der Waals surface area contributed by atoms with Crippen LogP contribution in [0.2, 0.25) is 0 Å². The van der Waals surface area contributed by atoms with Gasteiger partial charge in [0, 0.05) is 6.04 Å². The minimum atomic E-state index is 0. The number of hydrogen-bond acceptors (Lipinski definition) is 1. The zero-order chi connectivity index (χ0) is 5.70. The van der Waals surface area contributed by atoms with Crippen LogP contribution >= 0.6 is 12.4 Å². The number of halogens is 1. The van der Waals surface area contributed by atoms with E-state index in [9.17, 15) is 0 Å². The molecule has 52 valence electrons. The van der Waals surface area contributed by atoms with Gasteiger partial charge in [0.25, 0.3) is 0 Å². The fourth-order valence-corrected chi connectivity index (χ4v) is 0.575. The van der Waals surface area contributed by atoms with E-state index in [1.807, 2.05) is 0 Å². The zero-order valence-corrected chi connectivity index (χ0v) is 6.50. The van der Waals surface area contributed by atoms with Crippen molar-refractivity contribution in [1.82, 2.24) is 0 Å². The Balaban J connectivity index is 0. The van der Waals surface area contributed by atoms with Crippen molar-refractivity contribution >= 4 is 12.4 Å². The van der Waals surface area contributed by atoms with Gasteiger partial charge in [-0.1, -0.05) is 20.3 Å². The first-order valence-corrected chi connectivity index (χ1v) is 3.06. The van der Waals surface area contributed by atoms with E-state index >= 15 is 0 Å². The first-order chi connectivity index (χ1) is 3.31. The molecule has 0 aromatic heterocycles. The molecule has 0 bridgehead atoms. The second kappa shape index (κ2) is 7.25. The lowest BCUT2D eigenvalue weighted by atomic mass is 10.1. The molecule has 0 aliphatic heterocycles. The average Bonchev–Trinajstić information content (AvgIpc) is 1.68. The highest BCUT2D eigenvalue weighted by Crippen LogP contribution is 1.95. The molecule has 0 rings (SSSR count). The van der Waals surface area contributed by atoms with Crippen molar-refractivity contribution in [2.24, 2.45) is 5.73 Å². The summed E-state index contributed by atoms with van der Waals surface area (Å²) in [4.78, 5) is 0. The standard InChI is InChI=1S/C6H15N.ClH/c1-3-5-6(7)4-2;/h6H,3-5,7H2,1-2H3;1H/t6-;/m0./s1. The number of hydrogen-bond donors (Lipinski definition) is 1. The van der Waals surface area contributed by atoms with Gasteiger partial charge in [0.05, 0.1) is 0 Å². The van der Waals surface area contributed by atoms with E-state index in [1.165, 1.54) is 12.8 Å². The van der Waals surface area contributed by atoms with Crippen molar-refractivity contribution in [3.8, 4) is 0 Å². The van der Waals surface area contributed by atoms with Gasteiger partial charge in [-0.25, -0.2) is 0 Å². The van der Waals surface area contributed by atoms with E-state index in [4.69, 9.17) is 5.73 Å². The van der Waals surface area contributed by atoms with Crippen molar-refractivity contribution in [3.05, 3.63) is 0 Å². The third-order valence-electron chi connectivity index (χ3n) is 1.18. The van der Waals surface area contributed by atoms with Crippen LogP contribution in [0, 0.1) is 0 Å². The maximum absolute atomic E-state index is 5.58. The summed E-state index contributed by atoms with van der Waals surface area (Å²) in [7, 11) is 0. The molecule has 0 spiro atoms. The molecule has 0 aromatic rings. The van der Waals surface area contributed by atoms with E-state index in [0.717, 1.165) is 6.42 Å². The minimum absolute atomic E-state index is 0. The SMILES string of the molecule is CCC[C@@H](N)CC.Cl. The first kappa shape index (κ1) is 11.1. The van der Waals surface area contributed by atoms with Crippen LogP contribution in [0.25, 0.3) is 0 Å². The highest BCUT2D eigenvalue weighted by Gasteiger charge is 1.92. The van der Waals surface area contributed by atoms with Crippen LogP contribution in [0.3, 0.4) is 0 Å². The predicted molar refractivity (Wildman–Crippen MR) is 40.4 cm³/mol. The summed E-state index contributed by atoms with van der Waals surface area (Å²) >= 11 is 0. The van der Waals surface area contributed by atoms with Crippen molar-refractivity contribution in [3.63, 3.8) is 0 Å². The van der Waals surface area contributed by atoms with E-state index in [0.29, 0.717) is 6.04 Å². The molecule has 8 heavy (non-hydrogen) atoms. The van der Waals surface area contributed by atoms with Crippen molar-refractivity contribution in [2.45, 2.75) is 39.2 Å². The summed E-state index contributed by atoms with van der Waals surface area (Å²) < 4.78 is 0. The third kappa shape index (κ3) is 6.25. The molecule has 0 fully saturated rings. The van der Waals surface area contributed by atoms with Crippen LogP contribution in [-0.4, -0.2) is 6.04 Å². The van der Waals surface area contributed by atoms with Crippen LogP contribution in [0.1, 0.15) is 33.1 Å². The van der Waals surface area contributed by atoms with Crippen LogP contribution < -0.4 is 5.73 Å². The molecular formula is C6H16ClN. The summed E-state index contributed by atoms with van der Waals surface area (Å²) in [6.45, 7) is 4.29. The van der Waals surface area contributed by atoms with E-state index < -0.39 is 0 Å². The smallest absolute Gasteiger partial charge is 0.00361 e. The molecule has 2 heteroatoms. The van der Waals surface area contributed by atoms with Gasteiger partial charge in [0.2, 0.25) is 0 Å². The quantitative estimate of drug-likeness (QED) is 0.632. The van der Waals surface area contributed by atoms with Gasteiger partial charge in [-0.15, -0.1) is 12.4 Å². The molecule has 2 N–H and O–H groups in total. The molecule has 0 aromatic carbocycles. The van der Waals surface area contributed by atoms with Gasteiger partial charge in [-0.05, 0) is 12.8 Å². The topological polar surface area (TPSA) is 26.0 Å². The molecule has 0 saturated heterocycles. The van der Waals surface area contributed by atoms with Crippen LogP contribution in [0.4, 0.5) is 0 Å². The average molecular weight is 138 g/mol. The van der Waals surface area contributed by atoms with Crippen molar-refractivity contribution < 1.29 is 0 Å². The van der Waals surface area contributed by atoms with Crippen molar-refractivity contribution in [2.75, 3.05) is 0 Å². The highest BCUT2D eigenvalue weighted by molar-refractivity contribution is 5.85. The molecule has 1 nitrogen and oxygen atoms in total. The second-order valence-corrected chi connectivity index (χ2v) is 1.96. The maximum Gasteiger partial charge on any atom is 0.00361 e. The molecule has 0 heterocycles. The molecule has 0 saturated carbocycles. The second-order valence-electron chi connectivity index (χ2n) is 1.96. The molecule has 0 aliphatic rings. The van der Waals surface area contributed by atoms with Gasteiger partial charge in [-0.3, -0.25) is 0 Å². The minimum Gasteiger partial charge on any atom is -0.328 e. The van der Waals surface area contributed by atoms with Crippen LogP contribution in [-0.2, 0) is 0 Å². The molecule has 0 unspecified atom stereocenters. The van der Waals surface area contributed by atoms with Gasteiger partial charge in [0.15, 0.2) is 0 Å². The lowest BCUT2D eigenvalue weighted by Gasteiger charge is -2.03. The largest absolute Gasteiger partial charge is 0.328 e. The molecule has 0 aliphatic carbocycles. The lowest BCUT2D eigenvalue weighted by molar-refractivity contribution is 0.587. The van der Waals surface area contributed by atoms with Gasteiger partial charge < -0.3 is 5.73 Å². The van der Waals surface area contributed by atoms with Crippen LogP contribution in [0.5, 0.6) is 0 Å². The normalized spacial score (nSPS) is 12.4. The summed E-state index contributed by atoms with van der Waals surface area (Å²) in [5, 5.41) is 0. The fraction of sp³-hybridized carbons (Fsp3) is 1.00. The Morgan fingerprint density at radius 1 is 1.38 bits per heavy atom. The van der Waals surface area contributed by atoms with E-state index in [-0.39, 0.29) is 12.4 Å². The maximum atomic E-state index is 5.58. The fourth-order valence-electron chi connectivity index (χ4n) is 0.575. The highest BCUT2D eigenvalue weighted by atomic mass is 35.5. The molecule has 0 amide bonds. The van der Waals surface area contributed by atoms with Crippen LogP contribution in [0.15, 0.2) is 0 Å². The summed E-state index contributed by atoms with van der Waals surface area (Å²) in [5.41, 5.74) is 5.58. The Morgan fingerprint density at radius 3 is 2.00 bits per heavy atom. The van der Waals surface area contributed by atoms with E-state index in [1.54, 1.807) is 0 Å². The Hall–Kier alpha value is 0.250. The first-order valence-electron chi connectivity index (χ1n) is 3.06. The number of nitrogens with two attached hydrogens (primary N) is 1. The van der Waals surface area contributed by atoms with Gasteiger partial charge in [-0.2, -0.15) is 0 Å². The third-order valence-corrected chi connectivity index (χ3v) is 1.18. The Labute approximate surface area is 58.1 Å². The molecule has 0 radical (unpaired) electrons. The van der Waals surface area contributed by atoms with Gasteiger partial charge in [0.1, 0.15) is 0 Å². The predicted octanol–water partition coefficient (Wildman–Crippen LogP) is 1.95. The van der Waals surface area contributed by atoms with Gasteiger partial charge >= 0.3 is 0 Å². The molecule has 1 atom stereocenters. The summed E-state index contributed by atoms with van der Waals surface area (Å²) in [6, 6.07) is 0.449. The number of rotatable bonds is 3. The lowest BCUT2D eigenvalue weighted by Crippen LogP contribution is -2.17. The Kier molecular flexibility index (Phi) is 10.1. The van der Waals surface area contributed by atoms with Crippen molar-refractivity contribution in [1.29, 1.82) is 0 Å². The Bertz CT molecular complexity index is 39.5.